The van der Waals surface area contributed by atoms with Gasteiger partial charge in [-0.3, -0.25) is 20.4 Å². The van der Waals surface area contributed by atoms with Gasteiger partial charge in [-0.25, -0.2) is 4.68 Å². The molecular weight excluding hydrogens is 372 g/mol. The molecule has 2 heterocycles. The SMILES string of the molecule is O=C(NNC(=O)c1cn(-c2ccccc2)nc1-c1cccs1)c1ccccc1. The van der Waals surface area contributed by atoms with Crippen LogP contribution in [0.1, 0.15) is 20.7 Å². The fraction of sp³-hybridized carbons (Fsp3) is 0. The molecule has 2 amide bonds. The highest BCUT2D eigenvalue weighted by molar-refractivity contribution is 7.13. The van der Waals surface area contributed by atoms with Crippen molar-refractivity contribution in [3.8, 4) is 16.3 Å². The van der Waals surface area contributed by atoms with Gasteiger partial charge in [-0.2, -0.15) is 5.10 Å². The zero-order valence-corrected chi connectivity index (χ0v) is 15.5. The number of amides is 2. The Hall–Kier alpha value is -3.71. The van der Waals surface area contributed by atoms with E-state index in [0.29, 0.717) is 16.8 Å². The van der Waals surface area contributed by atoms with Crippen LogP contribution in [0.4, 0.5) is 0 Å². The summed E-state index contributed by atoms with van der Waals surface area (Å²) in [7, 11) is 0. The number of thiophene rings is 1. The predicted octanol–water partition coefficient (Wildman–Crippen LogP) is 3.68. The van der Waals surface area contributed by atoms with Gasteiger partial charge in [-0.1, -0.05) is 42.5 Å². The Labute approximate surface area is 165 Å². The highest BCUT2D eigenvalue weighted by atomic mass is 32.1. The van der Waals surface area contributed by atoms with Crippen LogP contribution in [0.3, 0.4) is 0 Å². The van der Waals surface area contributed by atoms with Crippen molar-refractivity contribution in [2.24, 2.45) is 0 Å². The lowest BCUT2D eigenvalue weighted by Crippen LogP contribution is -2.41. The number of nitrogens with zero attached hydrogens (tertiary/aromatic N) is 2. The lowest BCUT2D eigenvalue weighted by atomic mass is 10.2. The molecule has 6 nitrogen and oxygen atoms in total. The van der Waals surface area contributed by atoms with Crippen molar-refractivity contribution in [2.75, 3.05) is 0 Å². The maximum atomic E-state index is 12.8. The molecule has 2 N–H and O–H groups in total. The van der Waals surface area contributed by atoms with Gasteiger partial charge in [0, 0.05) is 11.8 Å². The van der Waals surface area contributed by atoms with E-state index in [0.717, 1.165) is 10.6 Å². The summed E-state index contributed by atoms with van der Waals surface area (Å²) in [6.45, 7) is 0. The number of nitrogens with one attached hydrogen (secondary N) is 2. The Morgan fingerprint density at radius 2 is 1.50 bits per heavy atom. The van der Waals surface area contributed by atoms with Crippen molar-refractivity contribution in [2.45, 2.75) is 0 Å². The summed E-state index contributed by atoms with van der Waals surface area (Å²) in [4.78, 5) is 25.8. The number of hydrazine groups is 1. The van der Waals surface area contributed by atoms with Crippen LogP contribution in [-0.4, -0.2) is 21.6 Å². The minimum Gasteiger partial charge on any atom is -0.267 e. The van der Waals surface area contributed by atoms with Crippen molar-refractivity contribution in [3.05, 3.63) is 95.5 Å². The van der Waals surface area contributed by atoms with E-state index in [9.17, 15) is 9.59 Å². The van der Waals surface area contributed by atoms with E-state index >= 15 is 0 Å². The molecule has 7 heteroatoms. The third kappa shape index (κ3) is 3.70. The molecule has 138 valence electrons. The maximum Gasteiger partial charge on any atom is 0.273 e. The van der Waals surface area contributed by atoms with Crippen LogP contribution in [0.15, 0.2) is 84.4 Å². The zero-order valence-electron chi connectivity index (χ0n) is 14.7. The second-order valence-electron chi connectivity index (χ2n) is 5.92. The van der Waals surface area contributed by atoms with Crippen LogP contribution in [0.2, 0.25) is 0 Å². The molecule has 0 aliphatic carbocycles. The number of aromatic nitrogens is 2. The molecule has 2 aromatic heterocycles. The Morgan fingerprint density at radius 3 is 2.18 bits per heavy atom. The molecule has 4 rings (SSSR count). The van der Waals surface area contributed by atoms with Crippen molar-refractivity contribution in [1.29, 1.82) is 0 Å². The molecule has 0 aliphatic heterocycles. The van der Waals surface area contributed by atoms with E-state index in [1.807, 2.05) is 53.9 Å². The molecule has 0 saturated heterocycles. The van der Waals surface area contributed by atoms with E-state index in [4.69, 9.17) is 0 Å². The molecule has 0 atom stereocenters. The quantitative estimate of drug-likeness (QED) is 0.524. The van der Waals surface area contributed by atoms with Crippen molar-refractivity contribution in [1.82, 2.24) is 20.6 Å². The van der Waals surface area contributed by atoms with E-state index in [2.05, 4.69) is 16.0 Å². The van der Waals surface area contributed by atoms with Crippen LogP contribution in [-0.2, 0) is 0 Å². The van der Waals surface area contributed by atoms with Gasteiger partial charge in [0.15, 0.2) is 0 Å². The first-order valence-electron chi connectivity index (χ1n) is 8.57. The number of rotatable bonds is 4. The number of hydrogen-bond donors (Lipinski definition) is 2. The molecule has 4 aromatic rings. The Balaban J connectivity index is 1.60. The first kappa shape index (κ1) is 17.7. The zero-order chi connectivity index (χ0) is 19.3. The Bertz CT molecular complexity index is 1090. The lowest BCUT2D eigenvalue weighted by molar-refractivity contribution is 0.0847. The largest absolute Gasteiger partial charge is 0.273 e. The van der Waals surface area contributed by atoms with E-state index in [1.165, 1.54) is 11.3 Å². The molecule has 2 aromatic carbocycles. The van der Waals surface area contributed by atoms with Crippen LogP contribution >= 0.6 is 11.3 Å². The maximum absolute atomic E-state index is 12.8. The molecule has 28 heavy (non-hydrogen) atoms. The van der Waals surface area contributed by atoms with Gasteiger partial charge in [-0.05, 0) is 35.7 Å². The topological polar surface area (TPSA) is 76.0 Å². The third-order valence-corrected chi connectivity index (χ3v) is 4.94. The summed E-state index contributed by atoms with van der Waals surface area (Å²) in [6, 6.07) is 22.0. The summed E-state index contributed by atoms with van der Waals surface area (Å²) >= 11 is 1.49. The van der Waals surface area contributed by atoms with E-state index < -0.39 is 5.91 Å². The molecule has 0 radical (unpaired) electrons. The molecule has 0 spiro atoms. The van der Waals surface area contributed by atoms with Gasteiger partial charge in [0.1, 0.15) is 5.69 Å². The number of carbonyl (C=O) groups is 2. The highest BCUT2D eigenvalue weighted by Crippen LogP contribution is 2.27. The number of hydrogen-bond acceptors (Lipinski definition) is 4. The summed E-state index contributed by atoms with van der Waals surface area (Å²) in [5.41, 5.74) is 7.16. The Morgan fingerprint density at radius 1 is 0.821 bits per heavy atom. The average Bonchev–Trinajstić information content (AvgIpc) is 3.43. The smallest absolute Gasteiger partial charge is 0.267 e. The molecule has 0 unspecified atom stereocenters. The van der Waals surface area contributed by atoms with Crippen LogP contribution in [0.25, 0.3) is 16.3 Å². The summed E-state index contributed by atoms with van der Waals surface area (Å²) in [6.07, 6.45) is 1.66. The van der Waals surface area contributed by atoms with Crippen molar-refractivity contribution < 1.29 is 9.59 Å². The predicted molar refractivity (Wildman–Crippen MR) is 108 cm³/mol. The summed E-state index contributed by atoms with van der Waals surface area (Å²) in [5.74, 6) is -0.822. The minimum absolute atomic E-state index is 0.375. The molecular formula is C21H16N4O2S. The van der Waals surface area contributed by atoms with Crippen molar-refractivity contribution >= 4 is 23.2 Å². The van der Waals surface area contributed by atoms with Crippen LogP contribution in [0.5, 0.6) is 0 Å². The Kier molecular flexibility index (Phi) is 4.99. The minimum atomic E-state index is -0.435. The summed E-state index contributed by atoms with van der Waals surface area (Å²) < 4.78 is 1.66. The summed E-state index contributed by atoms with van der Waals surface area (Å²) in [5, 5.41) is 6.51. The van der Waals surface area contributed by atoms with Gasteiger partial charge in [0.2, 0.25) is 0 Å². The second-order valence-corrected chi connectivity index (χ2v) is 6.87. The molecule has 0 bridgehead atoms. The van der Waals surface area contributed by atoms with Gasteiger partial charge in [-0.15, -0.1) is 11.3 Å². The van der Waals surface area contributed by atoms with E-state index in [1.54, 1.807) is 35.1 Å². The first-order valence-corrected chi connectivity index (χ1v) is 9.45. The van der Waals surface area contributed by atoms with Gasteiger partial charge < -0.3 is 0 Å². The van der Waals surface area contributed by atoms with E-state index in [-0.39, 0.29) is 5.91 Å². The molecule has 0 saturated carbocycles. The number of carbonyl (C=O) groups excluding carboxylic acids is 2. The van der Waals surface area contributed by atoms with Crippen LogP contribution < -0.4 is 10.9 Å². The normalized spacial score (nSPS) is 10.4. The van der Waals surface area contributed by atoms with Gasteiger partial charge in [0.05, 0.1) is 16.1 Å². The highest BCUT2D eigenvalue weighted by Gasteiger charge is 2.20. The fourth-order valence-corrected chi connectivity index (χ4v) is 3.41. The van der Waals surface area contributed by atoms with Gasteiger partial charge in [0.25, 0.3) is 11.8 Å². The van der Waals surface area contributed by atoms with Crippen molar-refractivity contribution in [3.63, 3.8) is 0 Å². The standard InChI is InChI=1S/C21H16N4O2S/c26-20(15-8-3-1-4-9-15)22-23-21(27)17-14-25(16-10-5-2-6-11-16)24-19(17)18-12-7-13-28-18/h1-14H,(H,22,26)(H,23,27). The monoisotopic (exact) mass is 388 g/mol. The first-order chi connectivity index (χ1) is 13.7. The fourth-order valence-electron chi connectivity index (χ4n) is 2.69. The van der Waals surface area contributed by atoms with Crippen LogP contribution in [0, 0.1) is 0 Å². The lowest BCUT2D eigenvalue weighted by Gasteiger charge is -2.07. The number of para-hydroxylation sites is 1. The average molecular weight is 388 g/mol. The molecule has 0 fully saturated rings. The molecule has 0 aliphatic rings. The third-order valence-electron chi connectivity index (χ3n) is 4.06. The second kappa shape index (κ2) is 7.89. The number of benzene rings is 2. The van der Waals surface area contributed by atoms with Gasteiger partial charge >= 0.3 is 0 Å².